The average molecular weight is 316 g/mol. The molecule has 3 heterocycles. The third-order valence-corrected chi connectivity index (χ3v) is 4.85. The number of aromatic nitrogens is 4. The first-order valence-corrected chi connectivity index (χ1v) is 7.77. The number of hydrogen-bond donors (Lipinski definition) is 0. The molecule has 114 valence electrons. The van der Waals surface area contributed by atoms with Crippen LogP contribution in [0.25, 0.3) is 10.9 Å². The van der Waals surface area contributed by atoms with Gasteiger partial charge in [-0.25, -0.2) is 9.78 Å². The van der Waals surface area contributed by atoms with E-state index < -0.39 is 0 Å². The number of rotatable bonds is 3. The number of hydrogen-bond acceptors (Lipinski definition) is 5. The zero-order valence-electron chi connectivity index (χ0n) is 12.7. The molecule has 0 unspecified atom stereocenters. The molecule has 0 bridgehead atoms. The molecule has 7 heteroatoms. The Labute approximate surface area is 130 Å². The van der Waals surface area contributed by atoms with Crippen LogP contribution in [-0.2, 0) is 20.0 Å². The molecule has 6 nitrogen and oxygen atoms in total. The minimum Gasteiger partial charge on any atom is -0.296 e. The zero-order valence-corrected chi connectivity index (χ0v) is 13.5. The monoisotopic (exact) mass is 316 g/mol. The van der Waals surface area contributed by atoms with Gasteiger partial charge in [0.2, 0.25) is 0 Å². The Morgan fingerprint density at radius 2 is 2.05 bits per heavy atom. The summed E-state index contributed by atoms with van der Waals surface area (Å²) < 4.78 is 2.77. The van der Waals surface area contributed by atoms with Crippen LogP contribution in [0.15, 0.2) is 28.0 Å². The lowest BCUT2D eigenvalue weighted by molar-refractivity contribution is 0.606. The Morgan fingerprint density at radius 1 is 1.27 bits per heavy atom. The Morgan fingerprint density at radius 3 is 2.73 bits per heavy atom. The highest BCUT2D eigenvalue weighted by molar-refractivity contribution is 7.11. The van der Waals surface area contributed by atoms with E-state index in [1.165, 1.54) is 15.3 Å². The Balaban J connectivity index is 2.06. The molecule has 0 N–H and O–H groups in total. The third-order valence-electron chi connectivity index (χ3n) is 3.71. The molecular formula is C15H16N4O2S. The normalized spacial score (nSPS) is 11.2. The molecule has 0 aliphatic carbocycles. The summed E-state index contributed by atoms with van der Waals surface area (Å²) in [4.78, 5) is 34.4. The summed E-state index contributed by atoms with van der Waals surface area (Å²) in [6.07, 6.45) is 3.71. The summed E-state index contributed by atoms with van der Waals surface area (Å²) in [5.74, 6) is 0. The minimum atomic E-state index is -0.303. The quantitative estimate of drug-likeness (QED) is 0.732. The fourth-order valence-electron chi connectivity index (χ4n) is 2.58. The van der Waals surface area contributed by atoms with Crippen LogP contribution in [0.5, 0.6) is 0 Å². The van der Waals surface area contributed by atoms with Gasteiger partial charge in [-0.1, -0.05) is 0 Å². The van der Waals surface area contributed by atoms with Crippen LogP contribution in [0.3, 0.4) is 0 Å². The second-order valence-corrected chi connectivity index (χ2v) is 6.47. The zero-order chi connectivity index (χ0) is 15.9. The molecule has 0 aliphatic rings. The van der Waals surface area contributed by atoms with Gasteiger partial charge in [0.15, 0.2) is 0 Å². The maximum Gasteiger partial charge on any atom is 0.331 e. The summed E-state index contributed by atoms with van der Waals surface area (Å²) >= 11 is 1.61. The lowest BCUT2D eigenvalue weighted by atomic mass is 10.3. The predicted molar refractivity (Wildman–Crippen MR) is 86.5 cm³/mol. The van der Waals surface area contributed by atoms with Crippen molar-refractivity contribution < 1.29 is 0 Å². The van der Waals surface area contributed by atoms with E-state index in [4.69, 9.17) is 0 Å². The topological polar surface area (TPSA) is 69.8 Å². The summed E-state index contributed by atoms with van der Waals surface area (Å²) in [5.41, 5.74) is 0.980. The number of fused-ring (bicyclic) bond motifs is 1. The van der Waals surface area contributed by atoms with Crippen LogP contribution in [0, 0.1) is 13.8 Å². The van der Waals surface area contributed by atoms with Gasteiger partial charge in [0, 0.05) is 37.3 Å². The van der Waals surface area contributed by atoms with Crippen molar-refractivity contribution >= 4 is 22.2 Å². The molecule has 0 atom stereocenters. The molecule has 0 saturated heterocycles. The van der Waals surface area contributed by atoms with Gasteiger partial charge in [-0.2, -0.15) is 0 Å². The van der Waals surface area contributed by atoms with E-state index in [1.54, 1.807) is 30.6 Å². The van der Waals surface area contributed by atoms with Crippen LogP contribution >= 0.6 is 11.3 Å². The van der Waals surface area contributed by atoms with Gasteiger partial charge in [0.1, 0.15) is 0 Å². The highest BCUT2D eigenvalue weighted by Crippen LogP contribution is 2.17. The molecule has 3 aromatic rings. The second kappa shape index (κ2) is 5.49. The first kappa shape index (κ1) is 14.6. The van der Waals surface area contributed by atoms with Gasteiger partial charge in [-0.15, -0.1) is 11.3 Å². The standard InChI is InChI=1S/C15H16N4O2S/c1-9-13(22-10(2)17-9)5-7-19-14(20)11-8-16-6-4-12(11)18(3)15(19)21/h4,6,8H,5,7H2,1-3H3. The Kier molecular flexibility index (Phi) is 3.66. The maximum atomic E-state index is 12.5. The van der Waals surface area contributed by atoms with Gasteiger partial charge in [-0.3, -0.25) is 18.9 Å². The summed E-state index contributed by atoms with van der Waals surface area (Å²) in [6.45, 7) is 4.25. The fourth-order valence-corrected chi connectivity index (χ4v) is 3.50. The molecule has 3 aromatic heterocycles. The Bertz CT molecular complexity index is 968. The highest BCUT2D eigenvalue weighted by atomic mass is 32.1. The average Bonchev–Trinajstić information content (AvgIpc) is 2.83. The number of thiazole rings is 1. The van der Waals surface area contributed by atoms with Gasteiger partial charge < -0.3 is 0 Å². The molecule has 0 aliphatic heterocycles. The molecule has 0 radical (unpaired) electrons. The lowest BCUT2D eigenvalue weighted by Gasteiger charge is -2.09. The summed E-state index contributed by atoms with van der Waals surface area (Å²) in [7, 11) is 1.67. The van der Waals surface area contributed by atoms with E-state index >= 15 is 0 Å². The van der Waals surface area contributed by atoms with E-state index in [9.17, 15) is 9.59 Å². The lowest BCUT2D eigenvalue weighted by Crippen LogP contribution is -2.39. The Hall–Kier alpha value is -2.28. The van der Waals surface area contributed by atoms with Gasteiger partial charge >= 0.3 is 5.69 Å². The van der Waals surface area contributed by atoms with Crippen LogP contribution in [0.1, 0.15) is 15.6 Å². The van der Waals surface area contributed by atoms with Crippen molar-refractivity contribution in [2.24, 2.45) is 7.05 Å². The van der Waals surface area contributed by atoms with Crippen LogP contribution in [0.2, 0.25) is 0 Å². The van der Waals surface area contributed by atoms with E-state index in [0.29, 0.717) is 23.9 Å². The number of nitrogens with zero attached hydrogens (tertiary/aromatic N) is 4. The smallest absolute Gasteiger partial charge is 0.296 e. The SMILES string of the molecule is Cc1nc(C)c(CCn2c(=O)c3cnccc3n(C)c2=O)s1. The van der Waals surface area contributed by atoms with Gasteiger partial charge in [0.25, 0.3) is 5.56 Å². The number of pyridine rings is 1. The molecule has 22 heavy (non-hydrogen) atoms. The van der Waals surface area contributed by atoms with Crippen LogP contribution < -0.4 is 11.2 Å². The third kappa shape index (κ3) is 2.37. The highest BCUT2D eigenvalue weighted by Gasteiger charge is 2.12. The first-order valence-electron chi connectivity index (χ1n) is 6.95. The van der Waals surface area contributed by atoms with E-state index in [-0.39, 0.29) is 11.2 Å². The second-order valence-electron chi connectivity index (χ2n) is 5.18. The summed E-state index contributed by atoms with van der Waals surface area (Å²) in [5, 5.41) is 1.46. The van der Waals surface area contributed by atoms with Crippen molar-refractivity contribution in [2.75, 3.05) is 0 Å². The number of aryl methyl sites for hydroxylation is 4. The molecule has 0 aromatic carbocycles. The van der Waals surface area contributed by atoms with Crippen molar-refractivity contribution in [2.45, 2.75) is 26.8 Å². The van der Waals surface area contributed by atoms with E-state index in [0.717, 1.165) is 15.6 Å². The van der Waals surface area contributed by atoms with Crippen LogP contribution in [0.4, 0.5) is 0 Å². The molecule has 0 spiro atoms. The van der Waals surface area contributed by atoms with Gasteiger partial charge in [-0.05, 0) is 19.9 Å². The van der Waals surface area contributed by atoms with Crippen molar-refractivity contribution in [3.63, 3.8) is 0 Å². The molecule has 0 saturated carbocycles. The minimum absolute atomic E-state index is 0.287. The van der Waals surface area contributed by atoms with Crippen molar-refractivity contribution in [3.8, 4) is 0 Å². The van der Waals surface area contributed by atoms with Gasteiger partial charge in [0.05, 0.1) is 21.6 Å². The molecular weight excluding hydrogens is 300 g/mol. The molecule has 0 amide bonds. The largest absolute Gasteiger partial charge is 0.331 e. The van der Waals surface area contributed by atoms with Crippen LogP contribution in [-0.4, -0.2) is 19.1 Å². The molecule has 0 fully saturated rings. The molecule has 3 rings (SSSR count). The van der Waals surface area contributed by atoms with Crippen molar-refractivity contribution in [1.29, 1.82) is 0 Å². The summed E-state index contributed by atoms with van der Waals surface area (Å²) in [6, 6.07) is 1.68. The van der Waals surface area contributed by atoms with E-state index in [1.807, 2.05) is 13.8 Å². The first-order chi connectivity index (χ1) is 10.5. The van der Waals surface area contributed by atoms with Crippen molar-refractivity contribution in [3.05, 3.63) is 54.9 Å². The van der Waals surface area contributed by atoms with Crippen molar-refractivity contribution in [1.82, 2.24) is 19.1 Å². The fraction of sp³-hybridized carbons (Fsp3) is 0.333. The predicted octanol–water partition coefficient (Wildman–Crippen LogP) is 1.41. The van der Waals surface area contributed by atoms with E-state index in [2.05, 4.69) is 9.97 Å². The maximum absolute atomic E-state index is 12.5.